The minimum Gasteiger partial charge on any atom is -0.506 e. The van der Waals surface area contributed by atoms with Crippen molar-refractivity contribution in [1.29, 1.82) is 0 Å². The van der Waals surface area contributed by atoms with Gasteiger partial charge in [-0.05, 0) is 47.2 Å². The number of rotatable bonds is 6. The standard InChI is InChI=1S/2C16H12N4O4.Cr/c2*17-11-3-1-2-9-4-7-13(21)16(15(9)11)19-18-12-6-5-10(20(23)24)8-14(12)22;/h2*1-8,21-22H,17H2;. The number of azo groups is 2. The molecule has 49 heavy (non-hydrogen) atoms. The SMILES string of the molecule is Nc1cccc2ccc(O)c(N=Nc3ccc([N+](=O)[O-])cc3O)c12.Nc1cccc2ccc(O)c(N=Nc3ccc([N+](=O)[O-])cc3O)c12.[Cr]. The third-order valence-corrected chi connectivity index (χ3v) is 6.91. The fraction of sp³-hybridized carbons (Fsp3) is 0. The van der Waals surface area contributed by atoms with Gasteiger partial charge in [0.1, 0.15) is 45.7 Å². The summed E-state index contributed by atoms with van der Waals surface area (Å²) in [6.07, 6.45) is 0. The van der Waals surface area contributed by atoms with Crippen LogP contribution in [0.2, 0.25) is 0 Å². The van der Waals surface area contributed by atoms with Crippen LogP contribution in [0.3, 0.4) is 0 Å². The molecule has 0 amide bonds. The number of non-ortho nitro benzene ring substituents is 2. The third-order valence-electron chi connectivity index (χ3n) is 6.91. The van der Waals surface area contributed by atoms with Crippen LogP contribution < -0.4 is 11.5 Å². The Bertz CT molecular complexity index is 2140. The van der Waals surface area contributed by atoms with Crippen LogP contribution in [0.25, 0.3) is 21.5 Å². The minimum atomic E-state index is -0.627. The Kier molecular flexibility index (Phi) is 10.5. The van der Waals surface area contributed by atoms with E-state index in [4.69, 9.17) is 11.5 Å². The number of nitrogens with zero attached hydrogens (tertiary/aromatic N) is 6. The fourth-order valence-electron chi connectivity index (χ4n) is 4.58. The Balaban J connectivity index is 0.000000216. The molecule has 0 fully saturated rings. The van der Waals surface area contributed by atoms with Crippen molar-refractivity contribution < 1.29 is 47.6 Å². The predicted octanol–water partition coefficient (Wildman–Crippen LogP) is 8.31. The molecule has 0 aliphatic rings. The molecule has 6 aromatic carbocycles. The van der Waals surface area contributed by atoms with E-state index in [9.17, 15) is 40.7 Å². The average Bonchev–Trinajstić information content (AvgIpc) is 3.05. The number of phenols is 4. The number of benzene rings is 6. The van der Waals surface area contributed by atoms with Crippen molar-refractivity contribution >= 4 is 67.0 Å². The molecule has 6 aromatic rings. The van der Waals surface area contributed by atoms with Crippen LogP contribution in [0, 0.1) is 20.2 Å². The van der Waals surface area contributed by atoms with Crippen LogP contribution >= 0.6 is 0 Å². The number of hydrogen-bond donors (Lipinski definition) is 6. The van der Waals surface area contributed by atoms with Crippen LogP contribution in [0.15, 0.2) is 118 Å². The largest absolute Gasteiger partial charge is 0.506 e. The second-order valence-electron chi connectivity index (χ2n) is 10.0. The van der Waals surface area contributed by atoms with Gasteiger partial charge in [0.25, 0.3) is 11.4 Å². The molecule has 0 spiro atoms. The first kappa shape index (κ1) is 35.0. The number of aromatic hydroxyl groups is 4. The molecule has 0 aromatic heterocycles. The summed E-state index contributed by atoms with van der Waals surface area (Å²) in [6, 6.07) is 23.7. The summed E-state index contributed by atoms with van der Waals surface area (Å²) in [5.41, 5.74) is 12.6. The molecule has 0 aliphatic carbocycles. The van der Waals surface area contributed by atoms with Gasteiger partial charge in [-0.25, -0.2) is 0 Å². The molecule has 0 unspecified atom stereocenters. The number of fused-ring (bicyclic) bond motifs is 2. The predicted molar refractivity (Wildman–Crippen MR) is 178 cm³/mol. The molecule has 0 aliphatic heterocycles. The topological polar surface area (TPSA) is 269 Å². The molecule has 0 saturated heterocycles. The smallest absolute Gasteiger partial charge is 0.273 e. The first-order chi connectivity index (χ1) is 22.9. The zero-order valence-corrected chi connectivity index (χ0v) is 26.2. The molecule has 0 bridgehead atoms. The number of nitrogen functional groups attached to an aromatic ring is 2. The van der Waals surface area contributed by atoms with Gasteiger partial charge < -0.3 is 31.9 Å². The van der Waals surface area contributed by atoms with Crippen LogP contribution in [0.1, 0.15) is 0 Å². The molecular weight excluding hydrogens is 676 g/mol. The van der Waals surface area contributed by atoms with E-state index in [1.165, 1.54) is 36.4 Å². The molecule has 0 heterocycles. The van der Waals surface area contributed by atoms with Gasteiger partial charge in [-0.1, -0.05) is 36.4 Å². The van der Waals surface area contributed by atoms with Crippen molar-refractivity contribution in [1.82, 2.24) is 0 Å². The first-order valence-corrected chi connectivity index (χ1v) is 13.7. The number of nitro benzene ring substituents is 2. The Morgan fingerprint density at radius 2 is 0.898 bits per heavy atom. The summed E-state index contributed by atoms with van der Waals surface area (Å²) in [6.45, 7) is 0. The van der Waals surface area contributed by atoms with Gasteiger partial charge in [-0.15, -0.1) is 20.5 Å². The van der Waals surface area contributed by atoms with Crippen LogP contribution in [-0.4, -0.2) is 30.3 Å². The monoisotopic (exact) mass is 700 g/mol. The Hall–Kier alpha value is -6.83. The molecule has 0 radical (unpaired) electrons. The van der Waals surface area contributed by atoms with Crippen molar-refractivity contribution in [2.45, 2.75) is 0 Å². The summed E-state index contributed by atoms with van der Waals surface area (Å²) in [5.74, 6) is -1.02. The van der Waals surface area contributed by atoms with Gasteiger partial charge >= 0.3 is 0 Å². The van der Waals surface area contributed by atoms with Gasteiger partial charge in [-0.3, -0.25) is 20.2 Å². The number of hydrogen-bond acceptors (Lipinski definition) is 14. The summed E-state index contributed by atoms with van der Waals surface area (Å²) in [5, 5.41) is 79.3. The average molecular weight is 701 g/mol. The Labute approximate surface area is 286 Å². The van der Waals surface area contributed by atoms with Crippen LogP contribution in [0.5, 0.6) is 23.0 Å². The first-order valence-electron chi connectivity index (χ1n) is 13.7. The second kappa shape index (κ2) is 14.7. The van der Waals surface area contributed by atoms with Gasteiger partial charge in [0.2, 0.25) is 0 Å². The summed E-state index contributed by atoms with van der Waals surface area (Å²) in [4.78, 5) is 20.1. The van der Waals surface area contributed by atoms with Gasteiger partial charge in [0.15, 0.2) is 0 Å². The molecule has 16 nitrogen and oxygen atoms in total. The maximum atomic E-state index is 10.7. The summed E-state index contributed by atoms with van der Waals surface area (Å²) in [7, 11) is 0. The number of anilines is 2. The van der Waals surface area contributed by atoms with E-state index in [1.54, 1.807) is 36.4 Å². The Morgan fingerprint density at radius 3 is 1.24 bits per heavy atom. The zero-order valence-electron chi connectivity index (χ0n) is 24.9. The van der Waals surface area contributed by atoms with E-state index in [0.29, 0.717) is 22.1 Å². The van der Waals surface area contributed by atoms with E-state index in [2.05, 4.69) is 20.5 Å². The van der Waals surface area contributed by atoms with Crippen LogP contribution in [-0.2, 0) is 17.4 Å². The van der Waals surface area contributed by atoms with Crippen molar-refractivity contribution in [3.8, 4) is 23.0 Å². The maximum Gasteiger partial charge on any atom is 0.273 e. The quantitative estimate of drug-likeness (QED) is 0.0418. The Morgan fingerprint density at radius 1 is 0.510 bits per heavy atom. The van der Waals surface area contributed by atoms with Gasteiger partial charge in [-0.2, -0.15) is 0 Å². The van der Waals surface area contributed by atoms with Crippen molar-refractivity contribution in [3.63, 3.8) is 0 Å². The van der Waals surface area contributed by atoms with Crippen molar-refractivity contribution in [2.75, 3.05) is 11.5 Å². The third kappa shape index (κ3) is 7.60. The zero-order chi connectivity index (χ0) is 34.5. The number of phenolic OH excluding ortho intramolecular Hbond substituents is 4. The fourth-order valence-corrected chi connectivity index (χ4v) is 4.58. The summed E-state index contributed by atoms with van der Waals surface area (Å²) < 4.78 is 0. The van der Waals surface area contributed by atoms with Crippen molar-refractivity contribution in [3.05, 3.63) is 117 Å². The molecule has 0 saturated carbocycles. The second-order valence-corrected chi connectivity index (χ2v) is 10.0. The normalized spacial score (nSPS) is 10.9. The van der Waals surface area contributed by atoms with E-state index >= 15 is 0 Å². The van der Waals surface area contributed by atoms with Gasteiger partial charge in [0.05, 0.1) is 22.0 Å². The van der Waals surface area contributed by atoms with Crippen molar-refractivity contribution in [2.24, 2.45) is 20.5 Å². The van der Waals surface area contributed by atoms with E-state index in [0.717, 1.165) is 22.9 Å². The number of nitrogens with two attached hydrogens (primary N) is 2. The minimum absolute atomic E-state index is 0. The maximum absolute atomic E-state index is 10.7. The van der Waals surface area contributed by atoms with Crippen LogP contribution in [0.4, 0.5) is 45.5 Å². The number of nitro groups is 2. The van der Waals surface area contributed by atoms with E-state index in [1.807, 2.05) is 12.1 Å². The molecule has 0 atom stereocenters. The van der Waals surface area contributed by atoms with Gasteiger partial charge in [0, 0.05) is 51.6 Å². The molecule has 6 rings (SSSR count). The van der Waals surface area contributed by atoms with E-state index in [-0.39, 0.29) is 74.5 Å². The molecule has 246 valence electrons. The van der Waals surface area contributed by atoms with E-state index < -0.39 is 9.85 Å². The molecule has 8 N–H and O–H groups in total. The summed E-state index contributed by atoms with van der Waals surface area (Å²) >= 11 is 0. The molecule has 17 heteroatoms. The molecular formula is C32H24CrN8O8.